The van der Waals surface area contributed by atoms with Crippen LogP contribution < -0.4 is 10.6 Å². The van der Waals surface area contributed by atoms with Gasteiger partial charge >= 0.3 is 0 Å². The molecule has 1 aromatic rings. The third-order valence-electron chi connectivity index (χ3n) is 1.77. The molecule has 5 heteroatoms. The summed E-state index contributed by atoms with van der Waals surface area (Å²) < 4.78 is 0. The van der Waals surface area contributed by atoms with E-state index in [0.29, 0.717) is 13.1 Å². The Morgan fingerprint density at radius 2 is 1.13 bits per heavy atom. The van der Waals surface area contributed by atoms with Crippen molar-refractivity contribution >= 4 is 11.4 Å². The highest BCUT2D eigenvalue weighted by atomic mass is 16.3. The highest BCUT2D eigenvalue weighted by molar-refractivity contribution is 5.53. The first kappa shape index (κ1) is 13.7. The Hall–Kier alpha value is -1.30. The van der Waals surface area contributed by atoms with Crippen LogP contribution in [0, 0.1) is 0 Å². The highest BCUT2D eigenvalue weighted by Crippen LogP contribution is 2.12. The Morgan fingerprint density at radius 3 is 1.40 bits per heavy atom. The lowest BCUT2D eigenvalue weighted by Gasteiger charge is -2.07. The van der Waals surface area contributed by atoms with Gasteiger partial charge in [0.25, 0.3) is 0 Å². The first-order chi connectivity index (χ1) is 6.86. The van der Waals surface area contributed by atoms with Crippen LogP contribution in [0.15, 0.2) is 24.3 Å². The van der Waals surface area contributed by atoms with Gasteiger partial charge in [-0.3, -0.25) is 0 Å². The second-order valence-electron chi connectivity index (χ2n) is 2.88. The van der Waals surface area contributed by atoms with Crippen LogP contribution in [-0.2, 0) is 0 Å². The number of nitrogens with one attached hydrogen (secondary N) is 2. The van der Waals surface area contributed by atoms with Gasteiger partial charge in [-0.15, -0.1) is 0 Å². The topological polar surface area (TPSA) is 96.0 Å². The lowest BCUT2D eigenvalue weighted by Crippen LogP contribution is -2.07. The lowest BCUT2D eigenvalue weighted by atomic mass is 10.3. The molecule has 0 aromatic heterocycles. The molecular formula is C10H18N2O3. The zero-order chi connectivity index (χ0) is 10.2. The molecule has 0 heterocycles. The summed E-state index contributed by atoms with van der Waals surface area (Å²) in [6.07, 6.45) is 0. The number of anilines is 2. The first-order valence-electron chi connectivity index (χ1n) is 4.66. The van der Waals surface area contributed by atoms with Gasteiger partial charge in [-0.05, 0) is 24.3 Å². The minimum Gasteiger partial charge on any atom is -0.412 e. The SMILES string of the molecule is O.OCCNc1ccc(NCCO)cc1. The van der Waals surface area contributed by atoms with Gasteiger partial charge in [-0.25, -0.2) is 0 Å². The Labute approximate surface area is 89.1 Å². The average molecular weight is 214 g/mol. The summed E-state index contributed by atoms with van der Waals surface area (Å²) in [5.74, 6) is 0. The smallest absolute Gasteiger partial charge is 0.0604 e. The van der Waals surface area contributed by atoms with E-state index in [0.717, 1.165) is 11.4 Å². The third-order valence-corrected chi connectivity index (χ3v) is 1.77. The molecule has 86 valence electrons. The molecular weight excluding hydrogens is 196 g/mol. The van der Waals surface area contributed by atoms with Crippen molar-refractivity contribution in [1.82, 2.24) is 0 Å². The summed E-state index contributed by atoms with van der Waals surface area (Å²) in [6.45, 7) is 1.38. The molecule has 0 radical (unpaired) electrons. The van der Waals surface area contributed by atoms with Crippen LogP contribution in [0.5, 0.6) is 0 Å². The number of hydrogen-bond acceptors (Lipinski definition) is 4. The molecule has 0 saturated heterocycles. The number of benzene rings is 1. The van der Waals surface area contributed by atoms with Crippen molar-refractivity contribution in [3.8, 4) is 0 Å². The zero-order valence-corrected chi connectivity index (χ0v) is 8.53. The van der Waals surface area contributed by atoms with Crippen molar-refractivity contribution < 1.29 is 15.7 Å². The van der Waals surface area contributed by atoms with Gasteiger partial charge < -0.3 is 26.3 Å². The summed E-state index contributed by atoms with van der Waals surface area (Å²) in [5.41, 5.74) is 1.96. The molecule has 0 atom stereocenters. The maximum Gasteiger partial charge on any atom is 0.0604 e. The minimum atomic E-state index is 0. The molecule has 0 fully saturated rings. The molecule has 0 aliphatic heterocycles. The third kappa shape index (κ3) is 5.21. The second kappa shape index (κ2) is 8.05. The van der Waals surface area contributed by atoms with Crippen LogP contribution in [0.3, 0.4) is 0 Å². The van der Waals surface area contributed by atoms with Crippen LogP contribution in [0.4, 0.5) is 11.4 Å². The molecule has 1 rings (SSSR count). The van der Waals surface area contributed by atoms with Crippen molar-refractivity contribution in [3.05, 3.63) is 24.3 Å². The summed E-state index contributed by atoms with van der Waals surface area (Å²) in [5, 5.41) is 23.3. The quantitative estimate of drug-likeness (QED) is 0.521. The molecule has 0 unspecified atom stereocenters. The Bertz CT molecular complexity index is 224. The molecule has 0 bridgehead atoms. The van der Waals surface area contributed by atoms with Gasteiger partial charge in [-0.1, -0.05) is 0 Å². The van der Waals surface area contributed by atoms with Crippen LogP contribution in [0.25, 0.3) is 0 Å². The van der Waals surface area contributed by atoms with Gasteiger partial charge in [-0.2, -0.15) is 0 Å². The van der Waals surface area contributed by atoms with Crippen LogP contribution in [0.1, 0.15) is 0 Å². The van der Waals surface area contributed by atoms with Crippen molar-refractivity contribution in [2.75, 3.05) is 36.9 Å². The molecule has 1 aromatic carbocycles. The molecule has 0 aliphatic carbocycles. The normalized spacial score (nSPS) is 9.20. The molecule has 0 saturated carbocycles. The van der Waals surface area contributed by atoms with E-state index in [1.165, 1.54) is 0 Å². The molecule has 0 amide bonds. The van der Waals surface area contributed by atoms with E-state index in [-0.39, 0.29) is 18.7 Å². The van der Waals surface area contributed by atoms with E-state index in [1.807, 2.05) is 24.3 Å². The Kier molecular flexibility index (Phi) is 7.35. The lowest BCUT2D eigenvalue weighted by molar-refractivity contribution is 0.310. The van der Waals surface area contributed by atoms with E-state index in [9.17, 15) is 0 Å². The fourth-order valence-corrected chi connectivity index (χ4v) is 1.11. The van der Waals surface area contributed by atoms with Crippen LogP contribution in [-0.4, -0.2) is 42.0 Å². The first-order valence-corrected chi connectivity index (χ1v) is 4.66. The van der Waals surface area contributed by atoms with Crippen molar-refractivity contribution in [2.45, 2.75) is 0 Å². The monoisotopic (exact) mass is 214 g/mol. The number of hydrogen-bond donors (Lipinski definition) is 4. The maximum atomic E-state index is 8.60. The largest absolute Gasteiger partial charge is 0.412 e. The van der Waals surface area contributed by atoms with Crippen LogP contribution >= 0.6 is 0 Å². The van der Waals surface area contributed by atoms with Gasteiger partial charge in [0, 0.05) is 24.5 Å². The second-order valence-corrected chi connectivity index (χ2v) is 2.88. The van der Waals surface area contributed by atoms with Crippen molar-refractivity contribution in [2.24, 2.45) is 0 Å². The summed E-state index contributed by atoms with van der Waals surface area (Å²) in [4.78, 5) is 0. The van der Waals surface area contributed by atoms with E-state index < -0.39 is 0 Å². The average Bonchev–Trinajstić information content (AvgIpc) is 2.25. The number of aliphatic hydroxyl groups excluding tert-OH is 2. The summed E-state index contributed by atoms with van der Waals surface area (Å²) >= 11 is 0. The van der Waals surface area contributed by atoms with Crippen molar-refractivity contribution in [3.63, 3.8) is 0 Å². The predicted octanol–water partition coefficient (Wildman–Crippen LogP) is -0.330. The maximum absolute atomic E-state index is 8.60. The van der Waals surface area contributed by atoms with Gasteiger partial charge in [0.15, 0.2) is 0 Å². The minimum absolute atomic E-state index is 0. The van der Waals surface area contributed by atoms with E-state index in [4.69, 9.17) is 10.2 Å². The molecule has 0 aliphatic rings. The fraction of sp³-hybridized carbons (Fsp3) is 0.400. The number of rotatable bonds is 6. The van der Waals surface area contributed by atoms with Gasteiger partial charge in [0.05, 0.1) is 13.2 Å². The molecule has 0 spiro atoms. The predicted molar refractivity (Wildman–Crippen MR) is 61.2 cm³/mol. The summed E-state index contributed by atoms with van der Waals surface area (Å²) in [6, 6.07) is 7.70. The van der Waals surface area contributed by atoms with E-state index in [2.05, 4.69) is 10.6 Å². The van der Waals surface area contributed by atoms with Crippen molar-refractivity contribution in [1.29, 1.82) is 0 Å². The molecule has 15 heavy (non-hydrogen) atoms. The highest BCUT2D eigenvalue weighted by Gasteiger charge is 1.92. The standard InChI is InChI=1S/C10H16N2O2.H2O/c13-7-5-11-9-1-2-10(4-3-9)12-6-8-14;/h1-4,11-14H,5-8H2;1H2. The fourth-order valence-electron chi connectivity index (χ4n) is 1.11. The molecule has 6 N–H and O–H groups in total. The van der Waals surface area contributed by atoms with E-state index >= 15 is 0 Å². The molecule has 5 nitrogen and oxygen atoms in total. The Morgan fingerprint density at radius 1 is 0.800 bits per heavy atom. The van der Waals surface area contributed by atoms with Gasteiger partial charge in [0.1, 0.15) is 0 Å². The number of aliphatic hydroxyl groups is 2. The van der Waals surface area contributed by atoms with E-state index in [1.54, 1.807) is 0 Å². The van der Waals surface area contributed by atoms with Gasteiger partial charge in [0.2, 0.25) is 0 Å². The zero-order valence-electron chi connectivity index (χ0n) is 8.53. The Balaban J connectivity index is 0.00000196. The van der Waals surface area contributed by atoms with Crippen LogP contribution in [0.2, 0.25) is 0 Å². The summed E-state index contributed by atoms with van der Waals surface area (Å²) in [7, 11) is 0.